The van der Waals surface area contributed by atoms with Crippen LogP contribution in [0.2, 0.25) is 0 Å². The predicted octanol–water partition coefficient (Wildman–Crippen LogP) is 3.34. The highest BCUT2D eigenvalue weighted by atomic mass is 32.2. The number of carbonyl (C=O) groups is 1. The van der Waals surface area contributed by atoms with Crippen molar-refractivity contribution in [1.29, 1.82) is 0 Å². The monoisotopic (exact) mass is 341 g/mol. The number of hydrogen-bond acceptors (Lipinski definition) is 5. The first-order chi connectivity index (χ1) is 11.5. The molecule has 3 aromatic rings. The molecular weight excluding hydrogens is 326 g/mol. The maximum atomic E-state index is 12.6. The highest BCUT2D eigenvalue weighted by molar-refractivity contribution is 7.93. The molecule has 2 aromatic heterocycles. The van der Waals surface area contributed by atoms with Crippen molar-refractivity contribution in [2.45, 2.75) is 11.8 Å². The number of rotatable bonds is 3. The molecule has 3 rings (SSSR count). The Morgan fingerprint density at radius 2 is 1.79 bits per heavy atom. The summed E-state index contributed by atoms with van der Waals surface area (Å²) in [6.45, 7) is 1.81. The fourth-order valence-corrected chi connectivity index (χ4v) is 3.29. The number of carbonyl (C=O) groups excluding carboxylic acids is 1. The molecule has 0 saturated heterocycles. The molecule has 1 amide bonds. The SMILES string of the molecule is Cc1cc(-c2ccc(C(=O)N=S(C)(=O)c3ccncc3)cc2)no1. The van der Waals surface area contributed by atoms with E-state index >= 15 is 0 Å². The molecule has 1 aromatic carbocycles. The van der Waals surface area contributed by atoms with Crippen LogP contribution in [0.1, 0.15) is 16.1 Å². The molecule has 1 unspecified atom stereocenters. The average molecular weight is 341 g/mol. The van der Waals surface area contributed by atoms with Crippen molar-refractivity contribution in [3.05, 3.63) is 66.2 Å². The van der Waals surface area contributed by atoms with Gasteiger partial charge in [0.2, 0.25) is 0 Å². The molecule has 24 heavy (non-hydrogen) atoms. The molecule has 0 aliphatic rings. The minimum atomic E-state index is -2.81. The second-order valence-electron chi connectivity index (χ2n) is 5.28. The molecule has 122 valence electrons. The van der Waals surface area contributed by atoms with Crippen molar-refractivity contribution < 1.29 is 13.5 Å². The Morgan fingerprint density at radius 1 is 1.12 bits per heavy atom. The summed E-state index contributed by atoms with van der Waals surface area (Å²) < 4.78 is 21.5. The maximum Gasteiger partial charge on any atom is 0.285 e. The number of pyridine rings is 1. The quantitative estimate of drug-likeness (QED) is 0.729. The van der Waals surface area contributed by atoms with Gasteiger partial charge in [-0.15, -0.1) is 0 Å². The zero-order valence-electron chi connectivity index (χ0n) is 13.2. The lowest BCUT2D eigenvalue weighted by Gasteiger charge is -2.03. The van der Waals surface area contributed by atoms with Crippen molar-refractivity contribution in [1.82, 2.24) is 10.1 Å². The van der Waals surface area contributed by atoms with Gasteiger partial charge in [-0.1, -0.05) is 17.3 Å². The van der Waals surface area contributed by atoms with Gasteiger partial charge in [-0.25, -0.2) is 4.21 Å². The van der Waals surface area contributed by atoms with E-state index in [0.29, 0.717) is 21.9 Å². The molecular formula is C17H15N3O3S. The van der Waals surface area contributed by atoms with Crippen LogP contribution in [0.5, 0.6) is 0 Å². The number of benzene rings is 1. The summed E-state index contributed by atoms with van der Waals surface area (Å²) in [4.78, 5) is 16.6. The Kier molecular flexibility index (Phi) is 4.26. The van der Waals surface area contributed by atoms with Crippen molar-refractivity contribution in [2.75, 3.05) is 6.26 Å². The van der Waals surface area contributed by atoms with Gasteiger partial charge in [-0.05, 0) is 31.2 Å². The second kappa shape index (κ2) is 6.37. The van der Waals surface area contributed by atoms with Crippen LogP contribution >= 0.6 is 0 Å². The summed E-state index contributed by atoms with van der Waals surface area (Å²) in [6.07, 6.45) is 4.48. The van der Waals surface area contributed by atoms with Gasteiger partial charge in [0.25, 0.3) is 5.91 Å². The van der Waals surface area contributed by atoms with Crippen LogP contribution in [0.15, 0.2) is 68.6 Å². The molecule has 6 nitrogen and oxygen atoms in total. The minimum Gasteiger partial charge on any atom is -0.361 e. The third-order valence-corrected chi connectivity index (χ3v) is 5.06. The van der Waals surface area contributed by atoms with Gasteiger partial charge in [0.1, 0.15) is 11.5 Å². The summed E-state index contributed by atoms with van der Waals surface area (Å²) in [5.74, 6) is 0.186. The van der Waals surface area contributed by atoms with Gasteiger partial charge in [-0.3, -0.25) is 9.78 Å². The van der Waals surface area contributed by atoms with E-state index in [1.54, 1.807) is 36.4 Å². The lowest BCUT2D eigenvalue weighted by molar-refractivity contribution is 0.100. The van der Waals surface area contributed by atoms with Gasteiger partial charge in [0.05, 0.1) is 14.6 Å². The highest BCUT2D eigenvalue weighted by Crippen LogP contribution is 2.20. The molecule has 2 heterocycles. The first-order valence-electron chi connectivity index (χ1n) is 7.16. The summed E-state index contributed by atoms with van der Waals surface area (Å²) in [5, 5.41) is 3.92. The van der Waals surface area contributed by atoms with Crippen LogP contribution < -0.4 is 0 Å². The molecule has 0 radical (unpaired) electrons. The summed E-state index contributed by atoms with van der Waals surface area (Å²) in [5.41, 5.74) is 1.89. The topological polar surface area (TPSA) is 85.4 Å². The third-order valence-electron chi connectivity index (χ3n) is 3.40. The Labute approximate surface area is 139 Å². The summed E-state index contributed by atoms with van der Waals surface area (Å²) in [7, 11) is -2.81. The number of amides is 1. The van der Waals surface area contributed by atoms with Crippen molar-refractivity contribution in [3.63, 3.8) is 0 Å². The number of nitrogens with zero attached hydrogens (tertiary/aromatic N) is 3. The zero-order chi connectivity index (χ0) is 17.2. The predicted molar refractivity (Wildman–Crippen MR) is 90.0 cm³/mol. The molecule has 0 fully saturated rings. The molecule has 0 spiro atoms. The molecule has 1 atom stereocenters. The maximum absolute atomic E-state index is 12.6. The standard InChI is InChI=1S/C17H15N3O3S/c1-12-11-16(19-23-12)13-3-5-14(6-4-13)17(21)20-24(2,22)15-7-9-18-10-8-15/h3-11H,1-2H3. The first kappa shape index (κ1) is 16.1. The van der Waals surface area contributed by atoms with E-state index in [-0.39, 0.29) is 0 Å². The number of aryl methyl sites for hydroxylation is 1. The molecule has 7 heteroatoms. The van der Waals surface area contributed by atoms with Crippen LogP contribution in [0.25, 0.3) is 11.3 Å². The van der Waals surface area contributed by atoms with Crippen LogP contribution in [0.4, 0.5) is 0 Å². The van der Waals surface area contributed by atoms with Crippen molar-refractivity contribution >= 4 is 15.6 Å². The van der Waals surface area contributed by atoms with Gasteiger partial charge in [0.15, 0.2) is 0 Å². The Bertz CT molecular complexity index is 985. The smallest absolute Gasteiger partial charge is 0.285 e. The van der Waals surface area contributed by atoms with E-state index < -0.39 is 15.6 Å². The lowest BCUT2D eigenvalue weighted by atomic mass is 10.1. The largest absolute Gasteiger partial charge is 0.361 e. The summed E-state index contributed by atoms with van der Waals surface area (Å²) in [6, 6.07) is 11.8. The molecule has 0 aliphatic heterocycles. The normalized spacial score (nSPS) is 13.2. The minimum absolute atomic E-state index is 0.364. The fraction of sp³-hybridized carbons (Fsp3) is 0.118. The number of aromatic nitrogens is 2. The van der Waals surface area contributed by atoms with Gasteiger partial charge < -0.3 is 4.52 Å². The summed E-state index contributed by atoms with van der Waals surface area (Å²) >= 11 is 0. The second-order valence-corrected chi connectivity index (χ2v) is 7.54. The zero-order valence-corrected chi connectivity index (χ0v) is 14.0. The Balaban J connectivity index is 1.88. The molecule has 0 aliphatic carbocycles. The van der Waals surface area contributed by atoms with Crippen LogP contribution in [0, 0.1) is 6.92 Å². The Morgan fingerprint density at radius 3 is 2.38 bits per heavy atom. The lowest BCUT2D eigenvalue weighted by Crippen LogP contribution is -2.04. The van der Waals surface area contributed by atoms with E-state index in [2.05, 4.69) is 14.5 Å². The van der Waals surface area contributed by atoms with Crippen LogP contribution in [-0.4, -0.2) is 26.5 Å². The average Bonchev–Trinajstić information content (AvgIpc) is 3.02. The van der Waals surface area contributed by atoms with E-state index in [4.69, 9.17) is 4.52 Å². The van der Waals surface area contributed by atoms with Gasteiger partial charge in [0, 0.05) is 35.8 Å². The van der Waals surface area contributed by atoms with Crippen LogP contribution in [0.3, 0.4) is 0 Å². The van der Waals surface area contributed by atoms with E-state index in [1.165, 1.54) is 18.6 Å². The van der Waals surface area contributed by atoms with Crippen molar-refractivity contribution in [3.8, 4) is 11.3 Å². The fourth-order valence-electron chi connectivity index (χ4n) is 2.14. The molecule has 0 bridgehead atoms. The first-order valence-corrected chi connectivity index (χ1v) is 9.08. The van der Waals surface area contributed by atoms with Crippen molar-refractivity contribution in [2.24, 2.45) is 4.36 Å². The molecule has 0 saturated carbocycles. The number of hydrogen-bond donors (Lipinski definition) is 0. The van der Waals surface area contributed by atoms with Gasteiger partial charge >= 0.3 is 0 Å². The van der Waals surface area contributed by atoms with E-state index in [0.717, 1.165) is 5.56 Å². The van der Waals surface area contributed by atoms with Gasteiger partial charge in [-0.2, -0.15) is 4.36 Å². The Hall–Kier alpha value is -2.80. The van der Waals surface area contributed by atoms with E-state index in [1.807, 2.05) is 13.0 Å². The van der Waals surface area contributed by atoms with E-state index in [9.17, 15) is 9.00 Å². The van der Waals surface area contributed by atoms with Crippen LogP contribution in [-0.2, 0) is 9.73 Å². The third kappa shape index (κ3) is 3.41. The molecule has 0 N–H and O–H groups in total. The highest BCUT2D eigenvalue weighted by Gasteiger charge is 2.12.